The van der Waals surface area contributed by atoms with Crippen molar-refractivity contribution in [2.75, 3.05) is 6.61 Å². The molecule has 1 heterocycles. The molecule has 0 N–H and O–H groups in total. The number of carbonyl (C=O) groups excluding carboxylic acids is 1. The molecule has 8 heteroatoms. The van der Waals surface area contributed by atoms with E-state index in [-0.39, 0.29) is 31.1 Å². The summed E-state index contributed by atoms with van der Waals surface area (Å²) in [6.45, 7) is 30.8. The fourth-order valence-electron chi connectivity index (χ4n) is 5.03. The summed E-state index contributed by atoms with van der Waals surface area (Å²) in [5, 5.41) is 0. The number of hydrogen-bond acceptors (Lipinski definition) is 2. The van der Waals surface area contributed by atoms with E-state index >= 15 is 0 Å². The third-order valence-electron chi connectivity index (χ3n) is 5.30. The van der Waals surface area contributed by atoms with Crippen LogP contribution in [0.4, 0.5) is 4.79 Å². The molecule has 148 valence electrons. The third-order valence-corrected chi connectivity index (χ3v) is 76.0. The van der Waals surface area contributed by atoms with Gasteiger partial charge in [-0.1, -0.05) is 58.9 Å². The molecule has 1 aliphatic rings. The maximum absolute atomic E-state index is 12.1. The van der Waals surface area contributed by atoms with Gasteiger partial charge in [-0.2, -0.15) is 18.8 Å². The summed E-state index contributed by atoms with van der Waals surface area (Å²) < 4.78 is 5.26. The van der Waals surface area contributed by atoms with Crippen molar-refractivity contribution in [1.82, 2.24) is 4.90 Å². The Balaban J connectivity index is 0. The van der Waals surface area contributed by atoms with Gasteiger partial charge in [0.05, 0.1) is 6.61 Å². The SMILES string of the molecule is CC1(C)COC(=O)N1[C-]=C[Si]([Si](C)(C)C)([Si](C)(C)C)[Si](C)(C)C.[CH2-]C.[Zn+2]. The van der Waals surface area contributed by atoms with Crippen molar-refractivity contribution in [3.8, 4) is 0 Å². The molecule has 0 radical (unpaired) electrons. The molecular weight excluding hydrogens is 440 g/mol. The number of ether oxygens (including phenoxy) is 1. The number of cyclic esters (lactones) is 1. The van der Waals surface area contributed by atoms with Gasteiger partial charge < -0.3 is 21.4 Å². The largest absolute Gasteiger partial charge is 2.00 e. The van der Waals surface area contributed by atoms with Crippen molar-refractivity contribution in [3.05, 3.63) is 18.8 Å². The first-order chi connectivity index (χ1) is 11.0. The van der Waals surface area contributed by atoms with Gasteiger partial charge in [-0.3, -0.25) is 0 Å². The van der Waals surface area contributed by atoms with E-state index in [1.165, 1.54) is 0 Å². The molecule has 0 unspecified atom stereocenters. The van der Waals surface area contributed by atoms with E-state index in [1.807, 2.05) is 0 Å². The van der Waals surface area contributed by atoms with E-state index in [0.717, 1.165) is 0 Å². The zero-order chi connectivity index (χ0) is 20.5. The standard InChI is InChI=1S/C16H36NO2Si4.C2H5.Zn/c1-16(2)14-19-15(18)17(16)12-13-23(20(3,4)5,21(6,7)8)22(9,10)11;1-2;/h13H,14H2,1-11H3;1H2,2H3;/q2*-1;+2. The Morgan fingerprint density at radius 2 is 1.31 bits per heavy atom. The van der Waals surface area contributed by atoms with Crippen molar-refractivity contribution in [2.45, 2.75) is 85.2 Å². The van der Waals surface area contributed by atoms with Gasteiger partial charge in [-0.15, -0.1) is 0 Å². The van der Waals surface area contributed by atoms with Crippen LogP contribution in [0.2, 0.25) is 58.9 Å². The van der Waals surface area contributed by atoms with Gasteiger partial charge in [0.15, 0.2) is 0 Å². The first kappa shape index (κ1) is 28.7. The molecule has 3 nitrogen and oxygen atoms in total. The molecule has 1 saturated heterocycles. The molecule has 0 aromatic heterocycles. The first-order valence-corrected chi connectivity index (χ1v) is 24.8. The Labute approximate surface area is 179 Å². The molecule has 1 aliphatic heterocycles. The van der Waals surface area contributed by atoms with Crippen molar-refractivity contribution >= 4 is 35.5 Å². The molecule has 0 bridgehead atoms. The zero-order valence-corrected chi connectivity index (χ0v) is 26.4. The molecule has 1 amide bonds. The van der Waals surface area contributed by atoms with Gasteiger partial charge in [0.25, 0.3) is 0 Å². The molecule has 0 spiro atoms. The van der Waals surface area contributed by atoms with Crippen molar-refractivity contribution in [2.24, 2.45) is 0 Å². The number of nitrogens with zero attached hydrogens (tertiary/aromatic N) is 1. The van der Waals surface area contributed by atoms with E-state index in [2.05, 4.69) is 91.6 Å². The van der Waals surface area contributed by atoms with Crippen LogP contribution < -0.4 is 0 Å². The second-order valence-electron chi connectivity index (χ2n) is 10.5. The number of carbonyl (C=O) groups is 1. The molecule has 1 fully saturated rings. The van der Waals surface area contributed by atoms with Gasteiger partial charge >= 0.3 is 19.5 Å². The van der Waals surface area contributed by atoms with E-state index in [1.54, 1.807) is 11.8 Å². The third kappa shape index (κ3) is 5.52. The predicted octanol–water partition coefficient (Wildman–Crippen LogP) is 5.61. The second-order valence-corrected chi connectivity index (χ2v) is 51.0. The Bertz CT molecular complexity index is 467. The van der Waals surface area contributed by atoms with Crippen LogP contribution in [0.1, 0.15) is 20.8 Å². The summed E-state index contributed by atoms with van der Waals surface area (Å²) >= 11 is 0. The van der Waals surface area contributed by atoms with E-state index in [4.69, 9.17) is 4.74 Å². The number of hydrogen-bond donors (Lipinski definition) is 0. The zero-order valence-electron chi connectivity index (χ0n) is 19.5. The summed E-state index contributed by atoms with van der Waals surface area (Å²) in [5.41, 5.74) is 2.18. The Kier molecular flexibility index (Phi) is 10.3. The van der Waals surface area contributed by atoms with Crippen LogP contribution in [0.15, 0.2) is 5.70 Å². The minimum atomic E-state index is -1.63. The summed E-state index contributed by atoms with van der Waals surface area (Å²) in [7, 11) is -4.15. The summed E-state index contributed by atoms with van der Waals surface area (Å²) in [5.74, 6) is 0. The van der Waals surface area contributed by atoms with Crippen molar-refractivity contribution in [3.63, 3.8) is 0 Å². The molecule has 0 atom stereocenters. The van der Waals surface area contributed by atoms with Gasteiger partial charge in [-0.25, -0.2) is 0 Å². The van der Waals surface area contributed by atoms with Crippen LogP contribution in [0, 0.1) is 13.1 Å². The minimum absolute atomic E-state index is 0. The minimum Gasteiger partial charge on any atom is -0.532 e. The second kappa shape index (κ2) is 9.33. The van der Waals surface area contributed by atoms with Crippen molar-refractivity contribution in [1.29, 1.82) is 0 Å². The summed E-state index contributed by atoms with van der Waals surface area (Å²) in [6.07, 6.45) is 3.24. The van der Waals surface area contributed by atoms with E-state index < -0.39 is 29.4 Å². The molecule has 1 rings (SSSR count). The van der Waals surface area contributed by atoms with E-state index in [9.17, 15) is 4.79 Å². The van der Waals surface area contributed by atoms with Gasteiger partial charge in [0.2, 0.25) is 6.09 Å². The summed E-state index contributed by atoms with van der Waals surface area (Å²) in [6, 6.07) is 0. The van der Waals surface area contributed by atoms with Crippen LogP contribution in [0.5, 0.6) is 0 Å². The fraction of sp³-hybridized carbons (Fsp3) is 0.778. The molecule has 26 heavy (non-hydrogen) atoms. The maximum Gasteiger partial charge on any atom is 2.00 e. The normalized spacial score (nSPS) is 18.2. The van der Waals surface area contributed by atoms with Crippen LogP contribution in [0.25, 0.3) is 0 Å². The van der Waals surface area contributed by atoms with Crippen LogP contribution in [-0.4, -0.2) is 52.5 Å². The number of rotatable bonds is 5. The summed E-state index contributed by atoms with van der Waals surface area (Å²) in [4.78, 5) is 13.8. The van der Waals surface area contributed by atoms with Crippen LogP contribution in [0.3, 0.4) is 0 Å². The maximum atomic E-state index is 12.1. The Morgan fingerprint density at radius 1 is 0.962 bits per heavy atom. The Morgan fingerprint density at radius 3 is 1.54 bits per heavy atom. The quantitative estimate of drug-likeness (QED) is 0.378. The molecule has 0 aliphatic carbocycles. The van der Waals surface area contributed by atoms with E-state index in [0.29, 0.717) is 6.61 Å². The van der Waals surface area contributed by atoms with Crippen LogP contribution >= 0.6 is 0 Å². The molecule has 0 saturated carbocycles. The smallest absolute Gasteiger partial charge is 0.532 e. The average Bonchev–Trinajstić information content (AvgIpc) is 2.63. The molecule has 0 aromatic rings. The van der Waals surface area contributed by atoms with Gasteiger partial charge in [0.1, 0.15) is 0 Å². The average molecular weight is 481 g/mol. The topological polar surface area (TPSA) is 29.5 Å². The van der Waals surface area contributed by atoms with Crippen LogP contribution in [-0.2, 0) is 24.2 Å². The Hall–Kier alpha value is 0.501. The fourth-order valence-corrected chi connectivity index (χ4v) is 98.9. The first-order valence-electron chi connectivity index (χ1n) is 9.26. The molecule has 0 aromatic carbocycles. The molecular formula is C18H41NO2Si4Zn. The van der Waals surface area contributed by atoms with Gasteiger partial charge in [-0.05, 0) is 13.8 Å². The monoisotopic (exact) mass is 479 g/mol. The van der Waals surface area contributed by atoms with Crippen molar-refractivity contribution < 1.29 is 29.0 Å². The predicted molar refractivity (Wildman–Crippen MR) is 122 cm³/mol. The number of amides is 1. The van der Waals surface area contributed by atoms with Gasteiger partial charge in [0, 0.05) is 34.9 Å².